The second kappa shape index (κ2) is 20.3. The number of aromatic nitrogens is 5. The molecule has 1 atom stereocenters. The molecule has 7 heteroatoms. The van der Waals surface area contributed by atoms with E-state index < -0.39 is 18.1 Å². The maximum atomic E-state index is 9.33. The molecule has 81 heavy (non-hydrogen) atoms. The van der Waals surface area contributed by atoms with E-state index in [1.807, 2.05) is 69.9 Å². The Morgan fingerprint density at radius 1 is 0.556 bits per heavy atom. The van der Waals surface area contributed by atoms with Gasteiger partial charge in [-0.1, -0.05) is 226 Å². The zero-order valence-electron chi connectivity index (χ0n) is 52.3. The van der Waals surface area contributed by atoms with Crippen LogP contribution in [-0.2, 0) is 31.9 Å². The molecule has 13 aromatic rings. The average Bonchev–Trinajstić information content (AvgIpc) is 1.68. The second-order valence-corrected chi connectivity index (χ2v) is 24.3. The Labute approximate surface area is 497 Å². The van der Waals surface area contributed by atoms with Crippen LogP contribution in [0.3, 0.4) is 0 Å². The van der Waals surface area contributed by atoms with Crippen molar-refractivity contribution in [3.63, 3.8) is 0 Å². The number of nitrogens with zero attached hydrogens (tertiary/aromatic N) is 5. The molecule has 0 saturated carbocycles. The van der Waals surface area contributed by atoms with Crippen LogP contribution in [0.1, 0.15) is 98.7 Å². The SMILES string of the molecule is [2H]c1c([2H])c([2H])c(-c2cccc(-c3cc(C(C)(C)C)cc(C(C)(C)C)c3)c2-[n+]2[c-]n(-c3[c-]c(Oc4[c-]c5c(c(-n6c7ccccc7c7ccccc76)c4)c4ccccc4n5-c4cc(C(C)C(C)(C)C)ccn4)ccc3)c3ccccc32)c([2H])c1[2H].[Pt]. The number of pyridine rings is 1. The molecule has 6 nitrogen and oxygen atoms in total. The summed E-state index contributed by atoms with van der Waals surface area (Å²) in [6.07, 6.45) is 5.64. The first-order chi connectivity index (χ1) is 40.6. The van der Waals surface area contributed by atoms with Gasteiger partial charge in [-0.2, -0.15) is 12.1 Å². The van der Waals surface area contributed by atoms with Crippen LogP contribution >= 0.6 is 0 Å². The van der Waals surface area contributed by atoms with Crippen LogP contribution in [0.15, 0.2) is 206 Å². The van der Waals surface area contributed by atoms with Gasteiger partial charge < -0.3 is 18.4 Å². The number of benzene rings is 9. The van der Waals surface area contributed by atoms with Crippen molar-refractivity contribution in [1.29, 1.82) is 0 Å². The van der Waals surface area contributed by atoms with E-state index in [2.05, 4.69) is 212 Å². The first kappa shape index (κ1) is 47.5. The molecule has 4 heterocycles. The molecule has 4 aromatic heterocycles. The molecule has 0 N–H and O–H groups in total. The number of imidazole rings is 1. The fourth-order valence-corrected chi connectivity index (χ4v) is 11.3. The molecule has 9 aromatic carbocycles. The van der Waals surface area contributed by atoms with Crippen LogP contribution in [0.5, 0.6) is 11.5 Å². The molecule has 0 fully saturated rings. The van der Waals surface area contributed by atoms with Gasteiger partial charge >= 0.3 is 0 Å². The smallest absolute Gasteiger partial charge is 0.268 e. The van der Waals surface area contributed by atoms with E-state index in [4.69, 9.17) is 13.8 Å². The van der Waals surface area contributed by atoms with E-state index in [1.165, 1.54) is 5.56 Å². The topological polar surface area (TPSA) is 40.8 Å². The van der Waals surface area contributed by atoms with Crippen LogP contribution < -0.4 is 9.30 Å². The minimum Gasteiger partial charge on any atom is -0.510 e. The van der Waals surface area contributed by atoms with Crippen molar-refractivity contribution in [1.82, 2.24) is 18.7 Å². The Morgan fingerprint density at radius 2 is 1.14 bits per heavy atom. The van der Waals surface area contributed by atoms with Gasteiger partial charge in [0.2, 0.25) is 0 Å². The molecule has 13 rings (SSSR count). The number of hydrogen-bond donors (Lipinski definition) is 0. The van der Waals surface area contributed by atoms with Crippen molar-refractivity contribution in [2.24, 2.45) is 5.41 Å². The predicted molar refractivity (Wildman–Crippen MR) is 330 cm³/mol. The average molecular weight is 1240 g/mol. The van der Waals surface area contributed by atoms with Crippen molar-refractivity contribution in [2.75, 3.05) is 0 Å². The minimum absolute atomic E-state index is 0. The molecular formula is C74H65N5OPt-2. The van der Waals surface area contributed by atoms with Gasteiger partial charge in [0.1, 0.15) is 5.82 Å². The molecule has 0 aliphatic heterocycles. The van der Waals surface area contributed by atoms with E-state index in [1.54, 1.807) is 0 Å². The quantitative estimate of drug-likeness (QED) is 0.107. The van der Waals surface area contributed by atoms with Crippen molar-refractivity contribution in [3.05, 3.63) is 241 Å². The monoisotopic (exact) mass is 1240 g/mol. The van der Waals surface area contributed by atoms with Gasteiger partial charge in [-0.05, 0) is 108 Å². The molecule has 0 amide bonds. The Kier molecular flexibility index (Phi) is 11.9. The summed E-state index contributed by atoms with van der Waals surface area (Å²) in [6.45, 7) is 22.3. The first-order valence-corrected chi connectivity index (χ1v) is 27.5. The van der Waals surface area contributed by atoms with Gasteiger partial charge in [-0.3, -0.25) is 4.57 Å². The van der Waals surface area contributed by atoms with Crippen molar-refractivity contribution in [2.45, 2.75) is 86.0 Å². The van der Waals surface area contributed by atoms with Gasteiger partial charge in [0.05, 0.1) is 34.6 Å². The molecular weight excluding hydrogens is 1170 g/mol. The number of fused-ring (bicyclic) bond motifs is 7. The zero-order valence-corrected chi connectivity index (χ0v) is 49.6. The first-order valence-electron chi connectivity index (χ1n) is 30.0. The Morgan fingerprint density at radius 3 is 1.78 bits per heavy atom. The van der Waals surface area contributed by atoms with Gasteiger partial charge in [0, 0.05) is 55.1 Å². The Bertz CT molecular complexity index is 4750. The van der Waals surface area contributed by atoms with Gasteiger partial charge in [-0.25, -0.2) is 4.98 Å². The zero-order chi connectivity index (χ0) is 59.6. The van der Waals surface area contributed by atoms with E-state index >= 15 is 0 Å². The normalized spacial score (nSPS) is 13.5. The van der Waals surface area contributed by atoms with Gasteiger partial charge in [0.25, 0.3) is 6.33 Å². The molecule has 0 spiro atoms. The predicted octanol–water partition coefficient (Wildman–Crippen LogP) is 18.8. The minimum atomic E-state index is -0.450. The third-order valence-electron chi connectivity index (χ3n) is 16.0. The third kappa shape index (κ3) is 9.47. The number of rotatable bonds is 9. The summed E-state index contributed by atoms with van der Waals surface area (Å²) in [4.78, 5) is 5.08. The van der Waals surface area contributed by atoms with Crippen LogP contribution in [0.2, 0.25) is 0 Å². The van der Waals surface area contributed by atoms with Crippen LogP contribution in [0, 0.1) is 23.9 Å². The van der Waals surface area contributed by atoms with E-state index in [0.717, 1.165) is 88.4 Å². The summed E-state index contributed by atoms with van der Waals surface area (Å²) in [5.41, 5.74) is 13.0. The van der Waals surface area contributed by atoms with Crippen LogP contribution in [-0.4, -0.2) is 18.7 Å². The molecule has 1 unspecified atom stereocenters. The summed E-state index contributed by atoms with van der Waals surface area (Å²) < 4.78 is 60.5. The molecule has 0 aliphatic rings. The standard InChI is InChI=1S/C74H65N5O.Pt/c1-48(72(2,3)4)50-38-39-75-69(42-50)79-64-35-19-16-30-61(64)70-67(78-62-33-17-14-28-59(62)60-29-15-18-34-63(60)78)45-56(46-68(70)79)80-55-27-22-26-54(44-55)76-47-77(66-37-21-20-36-65(66)76)71-57(49-24-12-11-13-25-49)31-23-32-58(71)51-40-52(73(5,6)7)43-53(41-51)74(8,9)10;/h11-43,45,48H,1-10H3;/q-2;/i11D,12D,13D,24D,25D;. The fraction of sp³-hybridized carbons (Fsp3) is 0.189. The third-order valence-corrected chi connectivity index (χ3v) is 16.0. The Hall–Kier alpha value is -8.31. The summed E-state index contributed by atoms with van der Waals surface area (Å²) in [6, 6.07) is 63.9. The maximum Gasteiger partial charge on any atom is 0.268 e. The largest absolute Gasteiger partial charge is 0.510 e. The van der Waals surface area contributed by atoms with Crippen molar-refractivity contribution < 1.29 is 37.2 Å². The summed E-state index contributed by atoms with van der Waals surface area (Å²) >= 11 is 0. The fourth-order valence-electron chi connectivity index (χ4n) is 11.3. The summed E-state index contributed by atoms with van der Waals surface area (Å²) in [5, 5.41) is 4.34. The van der Waals surface area contributed by atoms with E-state index in [-0.39, 0.29) is 60.9 Å². The summed E-state index contributed by atoms with van der Waals surface area (Å²) in [5.74, 6) is 1.94. The van der Waals surface area contributed by atoms with Gasteiger partial charge in [0.15, 0.2) is 0 Å². The number of para-hydroxylation sites is 6. The van der Waals surface area contributed by atoms with Gasteiger partial charge in [-0.15, -0.1) is 24.3 Å². The molecule has 0 aliphatic carbocycles. The van der Waals surface area contributed by atoms with E-state index in [9.17, 15) is 2.74 Å². The van der Waals surface area contributed by atoms with E-state index in [0.29, 0.717) is 28.4 Å². The molecule has 404 valence electrons. The number of ether oxygens (including phenoxy) is 1. The van der Waals surface area contributed by atoms with Crippen molar-refractivity contribution in [3.8, 4) is 56.6 Å². The second-order valence-electron chi connectivity index (χ2n) is 24.3. The molecule has 0 radical (unpaired) electrons. The molecule has 0 saturated heterocycles. The Balaban J connectivity index is 0.00000724. The summed E-state index contributed by atoms with van der Waals surface area (Å²) in [7, 11) is 0. The maximum absolute atomic E-state index is 9.33. The van der Waals surface area contributed by atoms with Crippen molar-refractivity contribution >= 4 is 54.6 Å². The van der Waals surface area contributed by atoms with Crippen LogP contribution in [0.4, 0.5) is 0 Å². The number of hydrogen-bond acceptors (Lipinski definition) is 2. The van der Waals surface area contributed by atoms with Crippen LogP contribution in [0.25, 0.3) is 99.8 Å². The molecule has 0 bridgehead atoms.